The first-order valence-electron chi connectivity index (χ1n) is 5.75. The summed E-state index contributed by atoms with van der Waals surface area (Å²) in [6, 6.07) is 6.27. The van der Waals surface area contributed by atoms with Crippen molar-refractivity contribution in [2.75, 3.05) is 0 Å². The fourth-order valence-electron chi connectivity index (χ4n) is 1.72. The molecule has 1 nitrogen and oxygen atoms in total. The smallest absolute Gasteiger partial charge is 0.198 e. The summed E-state index contributed by atoms with van der Waals surface area (Å²) < 4.78 is 61.3. The number of allylic oxidation sites excluding steroid dienone is 1. The van der Waals surface area contributed by atoms with Crippen molar-refractivity contribution in [1.82, 2.24) is 0 Å². The average molecular weight is 289 g/mol. The monoisotopic (exact) mass is 289 g/mol. The van der Waals surface area contributed by atoms with Crippen LogP contribution in [0.4, 0.5) is 22.0 Å². The minimum absolute atomic E-state index is 0.103. The van der Waals surface area contributed by atoms with Gasteiger partial charge in [0.05, 0.1) is 17.0 Å². The molecular weight excluding hydrogens is 277 g/mol. The molecule has 0 heterocycles. The zero-order valence-electron chi connectivity index (χ0n) is 10.6. The van der Waals surface area contributed by atoms with E-state index in [-0.39, 0.29) is 12.8 Å². The van der Waals surface area contributed by atoms with Gasteiger partial charge in [-0.15, -0.1) is 0 Å². The number of halogens is 5. The molecule has 1 aromatic rings. The molecule has 0 spiro atoms. The molecule has 0 fully saturated rings. The third kappa shape index (κ3) is 4.65. The van der Waals surface area contributed by atoms with Crippen LogP contribution in [0.15, 0.2) is 36.4 Å². The summed E-state index contributed by atoms with van der Waals surface area (Å²) in [5.41, 5.74) is -1.37. The summed E-state index contributed by atoms with van der Waals surface area (Å²) >= 11 is 0. The van der Waals surface area contributed by atoms with Gasteiger partial charge in [-0.2, -0.15) is 27.2 Å². The highest BCUT2D eigenvalue weighted by Gasteiger charge is 2.30. The van der Waals surface area contributed by atoms with Crippen LogP contribution in [0.1, 0.15) is 24.5 Å². The molecule has 0 aliphatic carbocycles. The van der Waals surface area contributed by atoms with Gasteiger partial charge in [-0.05, 0) is 43.5 Å². The first-order chi connectivity index (χ1) is 9.16. The van der Waals surface area contributed by atoms with E-state index in [1.54, 1.807) is 0 Å². The maximum atomic E-state index is 12.4. The third-order valence-electron chi connectivity index (χ3n) is 2.85. The summed E-state index contributed by atoms with van der Waals surface area (Å²) in [6.45, 7) is 1.49. The lowest BCUT2D eigenvalue weighted by molar-refractivity contribution is -0.137. The van der Waals surface area contributed by atoms with Crippen molar-refractivity contribution < 1.29 is 22.0 Å². The first-order valence-corrected chi connectivity index (χ1v) is 5.75. The zero-order chi connectivity index (χ0) is 15.4. The number of nitriles is 1. The van der Waals surface area contributed by atoms with Gasteiger partial charge in [0, 0.05) is 0 Å². The lowest BCUT2D eigenvalue weighted by Crippen LogP contribution is -2.16. The molecule has 0 aromatic heterocycles. The van der Waals surface area contributed by atoms with Gasteiger partial charge in [0.25, 0.3) is 6.08 Å². The summed E-state index contributed by atoms with van der Waals surface area (Å²) in [6.07, 6.45) is -5.71. The predicted molar refractivity (Wildman–Crippen MR) is 63.8 cm³/mol. The van der Waals surface area contributed by atoms with E-state index in [1.807, 2.05) is 6.07 Å². The first kappa shape index (κ1) is 16.2. The van der Waals surface area contributed by atoms with Crippen LogP contribution in [0.2, 0.25) is 0 Å². The van der Waals surface area contributed by atoms with Crippen LogP contribution in [0, 0.1) is 16.7 Å². The molecule has 0 amide bonds. The number of rotatable bonds is 4. The van der Waals surface area contributed by atoms with Crippen LogP contribution in [0.5, 0.6) is 0 Å². The normalized spacial score (nSPS) is 14.2. The number of benzene rings is 1. The Morgan fingerprint density at radius 3 is 2.15 bits per heavy atom. The van der Waals surface area contributed by atoms with E-state index >= 15 is 0 Å². The van der Waals surface area contributed by atoms with E-state index in [1.165, 1.54) is 19.1 Å². The van der Waals surface area contributed by atoms with Crippen molar-refractivity contribution in [3.05, 3.63) is 47.5 Å². The van der Waals surface area contributed by atoms with E-state index in [0.717, 1.165) is 12.1 Å². The standard InChI is InChI=1S/C14H12F5N/c1-13(9-20,7-6-12(15)16)8-10-2-4-11(5-3-10)14(17,18)19/h2-6H,7-8H2,1H3. The predicted octanol–water partition coefficient (Wildman–Crippen LogP) is 4.95. The Hall–Kier alpha value is -1.90. The Kier molecular flexibility index (Phi) is 4.88. The van der Waals surface area contributed by atoms with Gasteiger partial charge in [0.15, 0.2) is 0 Å². The van der Waals surface area contributed by atoms with Crippen LogP contribution >= 0.6 is 0 Å². The second-order valence-corrected chi connectivity index (χ2v) is 4.74. The molecule has 1 atom stereocenters. The average Bonchev–Trinajstić information content (AvgIpc) is 2.36. The summed E-state index contributed by atoms with van der Waals surface area (Å²) in [4.78, 5) is 0. The maximum Gasteiger partial charge on any atom is 0.416 e. The second kappa shape index (κ2) is 6.04. The van der Waals surface area contributed by atoms with Crippen molar-refractivity contribution in [3.63, 3.8) is 0 Å². The Labute approximate surface area is 113 Å². The summed E-state index contributed by atoms with van der Waals surface area (Å²) in [7, 11) is 0. The molecule has 1 aromatic carbocycles. The Bertz CT molecular complexity index is 520. The number of alkyl halides is 3. The summed E-state index contributed by atoms with van der Waals surface area (Å²) in [5, 5.41) is 9.04. The van der Waals surface area contributed by atoms with Crippen LogP contribution in [0.3, 0.4) is 0 Å². The van der Waals surface area contributed by atoms with Crippen LogP contribution < -0.4 is 0 Å². The molecule has 1 rings (SSSR count). The lowest BCUT2D eigenvalue weighted by Gasteiger charge is -2.19. The molecule has 1 unspecified atom stereocenters. The molecule has 20 heavy (non-hydrogen) atoms. The van der Waals surface area contributed by atoms with Crippen molar-refractivity contribution in [1.29, 1.82) is 5.26 Å². The molecule has 6 heteroatoms. The molecule has 0 N–H and O–H groups in total. The van der Waals surface area contributed by atoms with Gasteiger partial charge < -0.3 is 0 Å². The zero-order valence-corrected chi connectivity index (χ0v) is 10.6. The van der Waals surface area contributed by atoms with Crippen LogP contribution in [-0.2, 0) is 12.6 Å². The van der Waals surface area contributed by atoms with E-state index < -0.39 is 23.2 Å². The van der Waals surface area contributed by atoms with Crippen molar-refractivity contribution in [2.24, 2.45) is 5.41 Å². The van der Waals surface area contributed by atoms with Gasteiger partial charge in [0.1, 0.15) is 0 Å². The Morgan fingerprint density at radius 2 is 1.75 bits per heavy atom. The number of nitrogens with zero attached hydrogens (tertiary/aromatic N) is 1. The van der Waals surface area contributed by atoms with Gasteiger partial charge in [-0.25, -0.2) is 0 Å². The molecule has 0 radical (unpaired) electrons. The summed E-state index contributed by atoms with van der Waals surface area (Å²) in [5.74, 6) is 0. The highest BCUT2D eigenvalue weighted by atomic mass is 19.4. The van der Waals surface area contributed by atoms with Crippen molar-refractivity contribution in [3.8, 4) is 6.07 Å². The molecule has 0 saturated carbocycles. The van der Waals surface area contributed by atoms with Crippen molar-refractivity contribution in [2.45, 2.75) is 25.9 Å². The third-order valence-corrected chi connectivity index (χ3v) is 2.85. The lowest BCUT2D eigenvalue weighted by atomic mass is 9.82. The molecule has 108 valence electrons. The maximum absolute atomic E-state index is 12.4. The van der Waals surface area contributed by atoms with Gasteiger partial charge in [-0.1, -0.05) is 12.1 Å². The highest BCUT2D eigenvalue weighted by Crippen LogP contribution is 2.31. The minimum Gasteiger partial charge on any atom is -0.198 e. The number of hydrogen-bond donors (Lipinski definition) is 0. The number of hydrogen-bond acceptors (Lipinski definition) is 1. The van der Waals surface area contributed by atoms with E-state index in [4.69, 9.17) is 5.26 Å². The van der Waals surface area contributed by atoms with E-state index in [0.29, 0.717) is 11.6 Å². The molecule has 0 bridgehead atoms. The van der Waals surface area contributed by atoms with Gasteiger partial charge >= 0.3 is 6.18 Å². The van der Waals surface area contributed by atoms with Crippen LogP contribution in [0.25, 0.3) is 0 Å². The topological polar surface area (TPSA) is 23.8 Å². The van der Waals surface area contributed by atoms with Gasteiger partial charge in [0.2, 0.25) is 0 Å². The Morgan fingerprint density at radius 1 is 1.20 bits per heavy atom. The molecular formula is C14H12F5N. The molecule has 0 aliphatic rings. The Balaban J connectivity index is 2.86. The van der Waals surface area contributed by atoms with E-state index in [9.17, 15) is 22.0 Å². The molecule has 0 saturated heterocycles. The molecule has 0 aliphatic heterocycles. The van der Waals surface area contributed by atoms with Crippen molar-refractivity contribution >= 4 is 0 Å². The largest absolute Gasteiger partial charge is 0.416 e. The van der Waals surface area contributed by atoms with E-state index in [2.05, 4.69) is 0 Å². The second-order valence-electron chi connectivity index (χ2n) is 4.74. The fourth-order valence-corrected chi connectivity index (χ4v) is 1.72. The fraction of sp³-hybridized carbons (Fsp3) is 0.357. The minimum atomic E-state index is -4.42. The quantitative estimate of drug-likeness (QED) is 0.719. The van der Waals surface area contributed by atoms with Gasteiger partial charge in [-0.3, -0.25) is 0 Å². The SMILES string of the molecule is CC(C#N)(CC=C(F)F)Cc1ccc(C(F)(F)F)cc1. The van der Waals surface area contributed by atoms with Crippen LogP contribution in [-0.4, -0.2) is 0 Å². The highest BCUT2D eigenvalue weighted by molar-refractivity contribution is 5.26.